The highest BCUT2D eigenvalue weighted by Gasteiger charge is 2.37. The van der Waals surface area contributed by atoms with Crippen molar-refractivity contribution in [2.24, 2.45) is 5.90 Å². The Balaban J connectivity index is 3.19. The lowest BCUT2D eigenvalue weighted by Gasteiger charge is -2.11. The number of aryl methyl sites for hydroxylation is 1. The summed E-state index contributed by atoms with van der Waals surface area (Å²) in [5, 5.41) is 2.48. The third-order valence-corrected chi connectivity index (χ3v) is 3.81. The molecule has 1 aromatic carbocycles. The summed E-state index contributed by atoms with van der Waals surface area (Å²) in [5.74, 6) is 4.03. The van der Waals surface area contributed by atoms with Gasteiger partial charge < -0.3 is 10.1 Å². The van der Waals surface area contributed by atoms with Gasteiger partial charge in [-0.3, -0.25) is 9.59 Å². The Labute approximate surface area is 123 Å². The Bertz CT molecular complexity index is 616. The maximum absolute atomic E-state index is 11.6. The van der Waals surface area contributed by atoms with Crippen LogP contribution in [0, 0.1) is 6.92 Å². The first kappa shape index (κ1) is 17.2. The number of amides is 1. The quantitative estimate of drug-likeness (QED) is 0.456. The molecule has 115 valence electrons. The van der Waals surface area contributed by atoms with E-state index in [0.717, 1.165) is 0 Å². The fraction of sp³-hybridized carbons (Fsp3) is 0.333. The molecule has 1 atom stereocenters. The first-order valence-corrected chi connectivity index (χ1v) is 7.23. The molecule has 0 spiro atoms. The molecule has 1 unspecified atom stereocenters. The first-order chi connectivity index (χ1) is 9.71. The van der Waals surface area contributed by atoms with Gasteiger partial charge in [-0.1, -0.05) is 0 Å². The van der Waals surface area contributed by atoms with Crippen LogP contribution in [0.25, 0.3) is 0 Å². The first-order valence-electron chi connectivity index (χ1n) is 5.82. The van der Waals surface area contributed by atoms with Gasteiger partial charge in [-0.15, -0.1) is 0 Å². The van der Waals surface area contributed by atoms with Crippen LogP contribution in [-0.2, 0) is 33.1 Å². The van der Waals surface area contributed by atoms with Crippen LogP contribution in [0.3, 0.4) is 0 Å². The molecule has 0 heterocycles. The number of methoxy groups -OCH3 is 1. The van der Waals surface area contributed by atoms with E-state index in [1.807, 2.05) is 0 Å². The van der Waals surface area contributed by atoms with Crippen molar-refractivity contribution in [1.82, 2.24) is 0 Å². The van der Waals surface area contributed by atoms with Crippen molar-refractivity contribution in [1.29, 1.82) is 0 Å². The predicted octanol–water partition coefficient (Wildman–Crippen LogP) is 0.930. The van der Waals surface area contributed by atoms with Gasteiger partial charge >= 0.3 is 10.5 Å². The van der Waals surface area contributed by atoms with Gasteiger partial charge in [0, 0.05) is 11.6 Å². The Morgan fingerprint density at radius 2 is 2.00 bits per heavy atom. The van der Waals surface area contributed by atoms with E-state index < -0.39 is 16.4 Å². The molecule has 0 aromatic heterocycles. The molecule has 0 aliphatic rings. The third kappa shape index (κ3) is 4.33. The maximum Gasteiger partial charge on any atom is 0.447 e. The Morgan fingerprint density at radius 1 is 1.38 bits per heavy atom. The summed E-state index contributed by atoms with van der Waals surface area (Å²) in [6.07, 6.45) is -0.284. The fourth-order valence-electron chi connectivity index (χ4n) is 1.68. The zero-order valence-electron chi connectivity index (χ0n) is 11.8. The zero-order valence-corrected chi connectivity index (χ0v) is 12.6. The van der Waals surface area contributed by atoms with Crippen LogP contribution in [0.15, 0.2) is 17.0 Å². The van der Waals surface area contributed by atoms with Crippen LogP contribution in [0.4, 0.5) is 5.69 Å². The molecule has 1 radical (unpaired) electrons. The number of ether oxygens (including phenoxy) is 1. The molecule has 9 heteroatoms. The summed E-state index contributed by atoms with van der Waals surface area (Å²) in [6, 6.07) is 2.57. The number of benzene rings is 1. The Hall–Kier alpha value is -1.81. The zero-order chi connectivity index (χ0) is 16.2. The molecule has 0 saturated heterocycles. The Morgan fingerprint density at radius 3 is 2.48 bits per heavy atom. The van der Waals surface area contributed by atoms with E-state index in [-0.39, 0.29) is 28.5 Å². The van der Waals surface area contributed by atoms with Crippen LogP contribution < -0.4 is 16.0 Å². The summed E-state index contributed by atoms with van der Waals surface area (Å²) in [6.45, 7) is 2.79. The molecule has 0 aliphatic heterocycles. The number of ketones is 1. The normalized spacial score (nSPS) is 13.4. The SMILES string of the molecule is COc1cc([S+]([O])(=O)ON)c(C)cc1NC(=O)CC(C)=O. The number of nitrogens with one attached hydrogen (secondary N) is 1. The number of anilines is 1. The minimum absolute atomic E-state index is 0.105. The second-order valence-electron chi connectivity index (χ2n) is 4.30. The van der Waals surface area contributed by atoms with Crippen LogP contribution >= 0.6 is 0 Å². The van der Waals surface area contributed by atoms with E-state index >= 15 is 0 Å². The molecule has 1 amide bonds. The van der Waals surface area contributed by atoms with Crippen LogP contribution in [0.2, 0.25) is 0 Å². The Kier molecular flexibility index (Phi) is 5.55. The lowest BCUT2D eigenvalue weighted by Crippen LogP contribution is -2.19. The molecule has 0 aliphatic carbocycles. The van der Waals surface area contributed by atoms with Crippen molar-refractivity contribution in [3.05, 3.63) is 17.7 Å². The number of Topliss-reactive ketones (excluding diaryl/α,β-unsaturated/α-hetero) is 1. The van der Waals surface area contributed by atoms with Crippen LogP contribution in [0.5, 0.6) is 5.75 Å². The minimum Gasteiger partial charge on any atom is -0.494 e. The van der Waals surface area contributed by atoms with E-state index in [4.69, 9.17) is 10.6 Å². The number of hydrogen-bond acceptors (Lipinski definition) is 6. The molecular formula is C12H16N2O6S+. The van der Waals surface area contributed by atoms with Crippen molar-refractivity contribution in [3.63, 3.8) is 0 Å². The predicted molar refractivity (Wildman–Crippen MR) is 73.9 cm³/mol. The van der Waals surface area contributed by atoms with Gasteiger partial charge in [-0.05, 0) is 28.4 Å². The second kappa shape index (κ2) is 6.76. The number of carbonyl (C=O) groups is 2. The average Bonchev–Trinajstić information content (AvgIpc) is 2.37. The van der Waals surface area contributed by atoms with Crippen molar-refractivity contribution in [2.75, 3.05) is 12.4 Å². The molecular weight excluding hydrogens is 300 g/mol. The molecule has 21 heavy (non-hydrogen) atoms. The molecule has 0 fully saturated rings. The van der Waals surface area contributed by atoms with Gasteiger partial charge in [-0.25, -0.2) is 0 Å². The van der Waals surface area contributed by atoms with Gasteiger partial charge in [0.05, 0.1) is 23.8 Å². The van der Waals surface area contributed by atoms with Crippen molar-refractivity contribution in [3.8, 4) is 5.75 Å². The molecule has 0 saturated carbocycles. The van der Waals surface area contributed by atoms with Crippen molar-refractivity contribution < 1.29 is 27.4 Å². The summed E-state index contributed by atoms with van der Waals surface area (Å²) >= 11 is 0. The van der Waals surface area contributed by atoms with Gasteiger partial charge in [0.15, 0.2) is 0 Å². The number of carbonyl (C=O) groups excluding carboxylic acids is 2. The summed E-state index contributed by atoms with van der Waals surface area (Å²) in [5.41, 5.74) is 0.552. The van der Waals surface area contributed by atoms with E-state index in [1.54, 1.807) is 0 Å². The number of nitrogens with two attached hydrogens (primary N) is 1. The van der Waals surface area contributed by atoms with Gasteiger partial charge in [-0.2, -0.15) is 5.90 Å². The minimum atomic E-state index is -4.09. The topological polar surface area (TPSA) is 128 Å². The van der Waals surface area contributed by atoms with Crippen LogP contribution in [0.1, 0.15) is 18.9 Å². The van der Waals surface area contributed by atoms with Gasteiger partial charge in [0.25, 0.3) is 0 Å². The largest absolute Gasteiger partial charge is 0.494 e. The molecule has 3 N–H and O–H groups in total. The van der Waals surface area contributed by atoms with Crippen molar-refractivity contribution in [2.45, 2.75) is 25.2 Å². The summed E-state index contributed by atoms with van der Waals surface area (Å²) in [4.78, 5) is 22.3. The number of rotatable bonds is 6. The molecule has 0 bridgehead atoms. The highest BCUT2D eigenvalue weighted by molar-refractivity contribution is 7.93. The second-order valence-corrected chi connectivity index (χ2v) is 5.84. The molecule has 8 nitrogen and oxygen atoms in total. The highest BCUT2D eigenvalue weighted by atomic mass is 32.3. The fourth-order valence-corrected chi connectivity index (χ4v) is 2.49. The van der Waals surface area contributed by atoms with Gasteiger partial charge in [0.2, 0.25) is 10.8 Å². The highest BCUT2D eigenvalue weighted by Crippen LogP contribution is 2.33. The average molecular weight is 316 g/mol. The lowest BCUT2D eigenvalue weighted by molar-refractivity contribution is -0.124. The smallest absolute Gasteiger partial charge is 0.447 e. The maximum atomic E-state index is 11.6. The van der Waals surface area contributed by atoms with Crippen molar-refractivity contribution >= 4 is 27.9 Å². The monoisotopic (exact) mass is 316 g/mol. The summed E-state index contributed by atoms with van der Waals surface area (Å²) in [7, 11) is -2.78. The van der Waals surface area contributed by atoms with E-state index in [9.17, 15) is 18.4 Å². The van der Waals surface area contributed by atoms with Gasteiger partial charge in [0.1, 0.15) is 11.5 Å². The van der Waals surface area contributed by atoms with Crippen LogP contribution in [-0.4, -0.2) is 18.8 Å². The van der Waals surface area contributed by atoms with E-state index in [1.165, 1.54) is 33.1 Å². The molecule has 1 aromatic rings. The summed E-state index contributed by atoms with van der Waals surface area (Å²) < 4.78 is 32.3. The molecule has 1 rings (SSSR count). The lowest BCUT2D eigenvalue weighted by atomic mass is 10.2. The standard InChI is InChI=1S/C12H16N2O6S/c1-7-4-9(14-12(16)5-8(2)15)10(19-3)6-11(7)21(17,18)20-13/h4,6H,5,13H2,1-3H3,(H,14,16)/q+1. The van der Waals surface area contributed by atoms with E-state index in [0.29, 0.717) is 5.56 Å². The van der Waals surface area contributed by atoms with E-state index in [2.05, 4.69) is 9.60 Å². The number of hydrogen-bond donors (Lipinski definition) is 2. The third-order valence-electron chi connectivity index (χ3n) is 2.58.